The summed E-state index contributed by atoms with van der Waals surface area (Å²) in [4.78, 5) is 29.0. The molecule has 2 heterocycles. The number of hydrogen-bond donors (Lipinski definition) is 4. The molecule has 8 nitrogen and oxygen atoms in total. The van der Waals surface area contributed by atoms with Gasteiger partial charge in [-0.25, -0.2) is 4.98 Å². The number of nitrogens with zero attached hydrogens (tertiary/aromatic N) is 1. The third kappa shape index (κ3) is 2.68. The highest BCUT2D eigenvalue weighted by atomic mass is 16.5. The van der Waals surface area contributed by atoms with Crippen LogP contribution < -0.4 is 16.6 Å². The van der Waals surface area contributed by atoms with E-state index in [1.165, 1.54) is 6.33 Å². The molecule has 1 aromatic rings. The second-order valence-electron chi connectivity index (χ2n) is 4.55. The van der Waals surface area contributed by atoms with Gasteiger partial charge in [-0.3, -0.25) is 9.59 Å². The van der Waals surface area contributed by atoms with Crippen molar-refractivity contribution in [2.24, 2.45) is 5.41 Å². The predicted octanol–water partition coefficient (Wildman–Crippen LogP) is -0.355. The van der Waals surface area contributed by atoms with Crippen molar-refractivity contribution in [1.29, 1.82) is 0 Å². The van der Waals surface area contributed by atoms with Crippen LogP contribution in [0.5, 0.6) is 0 Å². The summed E-state index contributed by atoms with van der Waals surface area (Å²) in [6.07, 6.45) is 2.05. The summed E-state index contributed by atoms with van der Waals surface area (Å²) in [5, 5.41) is 12.2. The summed E-state index contributed by atoms with van der Waals surface area (Å²) in [6, 6.07) is 0. The zero-order valence-electron chi connectivity index (χ0n) is 10.3. The monoisotopic (exact) mass is 268 g/mol. The molecule has 1 fully saturated rings. The number of carboxylic acids is 1. The number of nitrogen functional groups attached to an aromatic ring is 1. The van der Waals surface area contributed by atoms with E-state index >= 15 is 0 Å². The molecule has 5 N–H and O–H groups in total. The fourth-order valence-electron chi connectivity index (χ4n) is 2.03. The molecule has 1 saturated heterocycles. The molecule has 0 saturated carbocycles. The lowest BCUT2D eigenvalue weighted by Gasteiger charge is -2.33. The van der Waals surface area contributed by atoms with Gasteiger partial charge in [0.25, 0.3) is 5.56 Å². The van der Waals surface area contributed by atoms with E-state index in [0.29, 0.717) is 26.1 Å². The summed E-state index contributed by atoms with van der Waals surface area (Å²) in [5.41, 5.74) is 4.17. The number of carbonyl (C=O) groups is 1. The number of nitrogens with two attached hydrogens (primary N) is 1. The predicted molar refractivity (Wildman–Crippen MR) is 67.9 cm³/mol. The van der Waals surface area contributed by atoms with Gasteiger partial charge in [-0.15, -0.1) is 0 Å². The molecule has 0 radical (unpaired) electrons. The van der Waals surface area contributed by atoms with Gasteiger partial charge in [0.2, 0.25) is 0 Å². The van der Waals surface area contributed by atoms with Crippen LogP contribution >= 0.6 is 0 Å². The molecule has 0 bridgehead atoms. The molecule has 19 heavy (non-hydrogen) atoms. The topological polar surface area (TPSA) is 130 Å². The van der Waals surface area contributed by atoms with E-state index in [4.69, 9.17) is 10.5 Å². The Hall–Kier alpha value is -2.09. The number of aromatic amines is 1. The van der Waals surface area contributed by atoms with Crippen molar-refractivity contribution < 1.29 is 14.6 Å². The van der Waals surface area contributed by atoms with Crippen molar-refractivity contribution in [1.82, 2.24) is 9.97 Å². The molecule has 2 rings (SSSR count). The van der Waals surface area contributed by atoms with Crippen molar-refractivity contribution in [3.63, 3.8) is 0 Å². The van der Waals surface area contributed by atoms with E-state index in [2.05, 4.69) is 15.3 Å². The van der Waals surface area contributed by atoms with Gasteiger partial charge < -0.3 is 25.9 Å². The highest BCUT2D eigenvalue weighted by molar-refractivity contribution is 5.76. The third-order valence-electron chi connectivity index (χ3n) is 3.39. The maximum atomic E-state index is 11.4. The average Bonchev–Trinajstić information content (AvgIpc) is 2.41. The van der Waals surface area contributed by atoms with Gasteiger partial charge in [0.15, 0.2) is 5.82 Å². The largest absolute Gasteiger partial charge is 0.481 e. The molecule has 0 spiro atoms. The molecular formula is C11H16N4O4. The Balaban J connectivity index is 2.13. The quantitative estimate of drug-likeness (QED) is 0.586. The van der Waals surface area contributed by atoms with E-state index in [1.807, 2.05) is 0 Å². The van der Waals surface area contributed by atoms with E-state index in [0.717, 1.165) is 0 Å². The SMILES string of the molecule is Nc1c(NCC2(C(=O)O)CCOCC2)nc[nH]c1=O. The first kappa shape index (κ1) is 13.3. The van der Waals surface area contributed by atoms with Crippen molar-refractivity contribution in [3.05, 3.63) is 16.7 Å². The van der Waals surface area contributed by atoms with Crippen molar-refractivity contribution in [3.8, 4) is 0 Å². The number of rotatable bonds is 4. The van der Waals surface area contributed by atoms with Crippen LogP contribution in [0.2, 0.25) is 0 Å². The van der Waals surface area contributed by atoms with Crippen molar-refractivity contribution in [2.45, 2.75) is 12.8 Å². The van der Waals surface area contributed by atoms with Crippen LogP contribution in [-0.4, -0.2) is 40.8 Å². The number of aliphatic carboxylic acids is 1. The molecule has 0 amide bonds. The van der Waals surface area contributed by atoms with Crippen LogP contribution in [-0.2, 0) is 9.53 Å². The summed E-state index contributed by atoms with van der Waals surface area (Å²) in [6.45, 7) is 0.977. The molecule has 0 aromatic carbocycles. The number of ether oxygens (including phenoxy) is 1. The van der Waals surface area contributed by atoms with Crippen LogP contribution in [0.4, 0.5) is 11.5 Å². The first-order valence-electron chi connectivity index (χ1n) is 5.93. The third-order valence-corrected chi connectivity index (χ3v) is 3.39. The number of nitrogens with one attached hydrogen (secondary N) is 2. The van der Waals surface area contributed by atoms with Gasteiger partial charge in [0.1, 0.15) is 5.69 Å². The minimum absolute atomic E-state index is 0.0462. The lowest BCUT2D eigenvalue weighted by molar-refractivity contribution is -0.153. The lowest BCUT2D eigenvalue weighted by Crippen LogP contribution is -2.43. The summed E-state index contributed by atoms with van der Waals surface area (Å²) >= 11 is 0. The Bertz CT molecular complexity index is 522. The minimum atomic E-state index is -0.908. The van der Waals surface area contributed by atoms with Gasteiger partial charge >= 0.3 is 5.97 Å². The van der Waals surface area contributed by atoms with Crippen LogP contribution in [0.15, 0.2) is 11.1 Å². The Kier molecular flexibility index (Phi) is 3.70. The van der Waals surface area contributed by atoms with Crippen LogP contribution in [0, 0.1) is 5.41 Å². The maximum Gasteiger partial charge on any atom is 0.311 e. The standard InChI is InChI=1S/C11H16N4O4/c12-7-8(14-6-15-9(7)16)13-5-11(10(17)18)1-3-19-4-2-11/h6H,1-5,12H2,(H,17,18)(H2,13,14,15,16). The summed E-state index contributed by atoms with van der Waals surface area (Å²) in [5.74, 6) is -0.678. The molecule has 1 aromatic heterocycles. The fourth-order valence-corrected chi connectivity index (χ4v) is 2.03. The Morgan fingerprint density at radius 1 is 1.58 bits per heavy atom. The van der Waals surface area contributed by atoms with E-state index in [-0.39, 0.29) is 18.1 Å². The highest BCUT2D eigenvalue weighted by Gasteiger charge is 2.40. The van der Waals surface area contributed by atoms with Gasteiger partial charge in [-0.05, 0) is 12.8 Å². The summed E-state index contributed by atoms with van der Waals surface area (Å²) in [7, 11) is 0. The highest BCUT2D eigenvalue weighted by Crippen LogP contribution is 2.31. The first-order chi connectivity index (χ1) is 9.05. The second kappa shape index (κ2) is 5.27. The molecule has 0 atom stereocenters. The smallest absolute Gasteiger partial charge is 0.311 e. The van der Waals surface area contributed by atoms with Gasteiger partial charge in [0, 0.05) is 19.8 Å². The number of H-pyrrole nitrogens is 1. The van der Waals surface area contributed by atoms with Crippen LogP contribution in [0.25, 0.3) is 0 Å². The molecule has 0 aliphatic carbocycles. The average molecular weight is 268 g/mol. The zero-order valence-corrected chi connectivity index (χ0v) is 10.3. The normalized spacial score (nSPS) is 17.9. The van der Waals surface area contributed by atoms with Gasteiger partial charge in [-0.2, -0.15) is 0 Å². The van der Waals surface area contributed by atoms with E-state index < -0.39 is 16.9 Å². The molecule has 1 aliphatic rings. The van der Waals surface area contributed by atoms with E-state index in [1.54, 1.807) is 0 Å². The molecule has 8 heteroatoms. The Morgan fingerprint density at radius 2 is 2.26 bits per heavy atom. The maximum absolute atomic E-state index is 11.4. The van der Waals surface area contributed by atoms with Crippen molar-refractivity contribution in [2.75, 3.05) is 30.8 Å². The van der Waals surface area contributed by atoms with Crippen LogP contribution in [0.3, 0.4) is 0 Å². The minimum Gasteiger partial charge on any atom is -0.481 e. The van der Waals surface area contributed by atoms with Crippen molar-refractivity contribution >= 4 is 17.5 Å². The van der Waals surface area contributed by atoms with Gasteiger partial charge in [-0.1, -0.05) is 0 Å². The first-order valence-corrected chi connectivity index (χ1v) is 5.93. The molecule has 1 aliphatic heterocycles. The number of hydrogen-bond acceptors (Lipinski definition) is 6. The lowest BCUT2D eigenvalue weighted by atomic mass is 9.80. The number of anilines is 2. The van der Waals surface area contributed by atoms with E-state index in [9.17, 15) is 14.7 Å². The Labute approximate surface area is 109 Å². The molecule has 0 unspecified atom stereocenters. The second-order valence-corrected chi connectivity index (χ2v) is 4.55. The zero-order chi connectivity index (χ0) is 13.9. The molecule has 104 valence electrons. The van der Waals surface area contributed by atoms with Gasteiger partial charge in [0.05, 0.1) is 11.7 Å². The van der Waals surface area contributed by atoms with Crippen LogP contribution in [0.1, 0.15) is 12.8 Å². The Morgan fingerprint density at radius 3 is 2.89 bits per heavy atom. The fraction of sp³-hybridized carbons (Fsp3) is 0.545. The molecular weight excluding hydrogens is 252 g/mol. The summed E-state index contributed by atoms with van der Waals surface area (Å²) < 4.78 is 5.18. The number of aromatic nitrogens is 2. The number of carboxylic acid groups (broad SMARTS) is 1.